The van der Waals surface area contributed by atoms with Gasteiger partial charge in [0, 0.05) is 56.9 Å². The van der Waals surface area contributed by atoms with Crippen molar-refractivity contribution in [1.82, 2.24) is 20.5 Å². The molecule has 0 saturated carbocycles. The van der Waals surface area contributed by atoms with Crippen LogP contribution < -0.4 is 10.6 Å². The van der Waals surface area contributed by atoms with Crippen LogP contribution in [0.15, 0.2) is 35.5 Å². The van der Waals surface area contributed by atoms with Gasteiger partial charge in [-0.05, 0) is 18.1 Å². The summed E-state index contributed by atoms with van der Waals surface area (Å²) in [6, 6.07) is 8.30. The largest absolute Gasteiger partial charge is 0.361 e. The Morgan fingerprint density at radius 2 is 1.92 bits per heavy atom. The van der Waals surface area contributed by atoms with E-state index in [1.165, 1.54) is 10.9 Å². The molecular weight excluding hydrogens is 350 g/mol. The maximum absolute atomic E-state index is 11.4. The topological polar surface area (TPSA) is 89.6 Å². The Hall–Kier alpha value is -2.06. The molecule has 8 heteroatoms. The van der Waals surface area contributed by atoms with Gasteiger partial charge in [0.1, 0.15) is 0 Å². The minimum Gasteiger partial charge on any atom is -0.361 e. The number of hydrogen-bond donors (Lipinski definition) is 3. The highest BCUT2D eigenvalue weighted by atomic mass is 32.2. The lowest BCUT2D eigenvalue weighted by Gasteiger charge is -2.26. The van der Waals surface area contributed by atoms with E-state index in [0.717, 1.165) is 37.5 Å². The molecule has 0 amide bonds. The quantitative estimate of drug-likeness (QED) is 0.507. The number of aromatic nitrogens is 1. The Balaban J connectivity index is 1.38. The van der Waals surface area contributed by atoms with E-state index in [4.69, 9.17) is 0 Å². The van der Waals surface area contributed by atoms with E-state index in [1.807, 2.05) is 6.07 Å². The van der Waals surface area contributed by atoms with Crippen molar-refractivity contribution in [3.8, 4) is 0 Å². The fourth-order valence-corrected chi connectivity index (χ4v) is 4.46. The van der Waals surface area contributed by atoms with Gasteiger partial charge in [-0.2, -0.15) is 0 Å². The van der Waals surface area contributed by atoms with Gasteiger partial charge in [0.25, 0.3) is 0 Å². The summed E-state index contributed by atoms with van der Waals surface area (Å²) in [6.45, 7) is 3.60. The standard InChI is InChI=1S/C18H27N5O2S/c1-19-18(21-8-9-23-10-12-26(24,25)13-11-23)20-7-6-15-14-22-17-5-3-2-4-16(15)17/h2-5,14,22H,6-13H2,1H3,(H2,19,20,21). The molecule has 0 bridgehead atoms. The second-order valence-corrected chi connectivity index (χ2v) is 8.83. The molecule has 1 saturated heterocycles. The van der Waals surface area contributed by atoms with Crippen LogP contribution in [0.4, 0.5) is 0 Å². The van der Waals surface area contributed by atoms with Gasteiger partial charge >= 0.3 is 0 Å². The van der Waals surface area contributed by atoms with Crippen molar-refractivity contribution >= 4 is 26.7 Å². The number of nitrogens with one attached hydrogen (secondary N) is 3. The lowest BCUT2D eigenvalue weighted by atomic mass is 10.1. The zero-order chi connectivity index (χ0) is 18.4. The minimum atomic E-state index is -2.81. The summed E-state index contributed by atoms with van der Waals surface area (Å²) in [5.74, 6) is 1.31. The maximum Gasteiger partial charge on any atom is 0.191 e. The Kier molecular flexibility index (Phi) is 6.16. The molecule has 142 valence electrons. The van der Waals surface area contributed by atoms with E-state index in [0.29, 0.717) is 13.1 Å². The zero-order valence-corrected chi connectivity index (χ0v) is 16.0. The van der Waals surface area contributed by atoms with Crippen LogP contribution in [0.5, 0.6) is 0 Å². The van der Waals surface area contributed by atoms with E-state index in [1.54, 1.807) is 7.05 Å². The molecule has 0 aliphatic carbocycles. The summed E-state index contributed by atoms with van der Waals surface area (Å²) in [4.78, 5) is 9.72. The van der Waals surface area contributed by atoms with Gasteiger partial charge in [-0.1, -0.05) is 18.2 Å². The Labute approximate surface area is 154 Å². The molecule has 1 aromatic heterocycles. The summed E-state index contributed by atoms with van der Waals surface area (Å²) in [7, 11) is -1.05. The van der Waals surface area contributed by atoms with E-state index in [-0.39, 0.29) is 11.5 Å². The van der Waals surface area contributed by atoms with Gasteiger partial charge in [-0.15, -0.1) is 0 Å². The first-order valence-electron chi connectivity index (χ1n) is 9.00. The average Bonchev–Trinajstić information content (AvgIpc) is 3.05. The number of rotatable bonds is 6. The van der Waals surface area contributed by atoms with Crippen molar-refractivity contribution in [1.29, 1.82) is 0 Å². The number of benzene rings is 1. The van der Waals surface area contributed by atoms with Crippen molar-refractivity contribution < 1.29 is 8.42 Å². The number of H-pyrrole nitrogens is 1. The molecule has 3 rings (SSSR count). The SMILES string of the molecule is CN=C(NCCc1c[nH]c2ccccc12)NCCN1CCS(=O)(=O)CC1. The molecule has 0 unspecified atom stereocenters. The molecule has 7 nitrogen and oxygen atoms in total. The van der Waals surface area contributed by atoms with E-state index in [9.17, 15) is 8.42 Å². The van der Waals surface area contributed by atoms with Crippen LogP contribution in [-0.2, 0) is 16.3 Å². The van der Waals surface area contributed by atoms with Crippen molar-refractivity contribution in [2.75, 3.05) is 51.3 Å². The summed E-state index contributed by atoms with van der Waals surface area (Å²) < 4.78 is 22.9. The van der Waals surface area contributed by atoms with Gasteiger partial charge in [0.2, 0.25) is 0 Å². The number of nitrogens with zero attached hydrogens (tertiary/aromatic N) is 2. The van der Waals surface area contributed by atoms with Gasteiger partial charge < -0.3 is 15.6 Å². The number of hydrogen-bond acceptors (Lipinski definition) is 4. The molecule has 26 heavy (non-hydrogen) atoms. The third-order valence-electron chi connectivity index (χ3n) is 4.74. The summed E-state index contributed by atoms with van der Waals surface area (Å²) >= 11 is 0. The van der Waals surface area contributed by atoms with Crippen LogP contribution >= 0.6 is 0 Å². The first-order chi connectivity index (χ1) is 12.6. The average molecular weight is 378 g/mol. The fraction of sp³-hybridized carbons (Fsp3) is 0.500. The molecule has 1 aliphatic rings. The lowest BCUT2D eigenvalue weighted by molar-refractivity contribution is 0.299. The second-order valence-electron chi connectivity index (χ2n) is 6.53. The van der Waals surface area contributed by atoms with Crippen molar-refractivity contribution in [3.63, 3.8) is 0 Å². The van der Waals surface area contributed by atoms with Gasteiger partial charge in [-0.3, -0.25) is 9.89 Å². The van der Waals surface area contributed by atoms with E-state index in [2.05, 4.69) is 49.9 Å². The molecule has 0 radical (unpaired) electrons. The maximum atomic E-state index is 11.4. The number of para-hydroxylation sites is 1. The van der Waals surface area contributed by atoms with Crippen LogP contribution in [-0.4, -0.2) is 75.5 Å². The summed E-state index contributed by atoms with van der Waals surface area (Å²) in [5.41, 5.74) is 2.45. The number of guanidine groups is 1. The molecule has 0 spiro atoms. The summed E-state index contributed by atoms with van der Waals surface area (Å²) in [6.07, 6.45) is 2.97. The Morgan fingerprint density at radius 1 is 1.19 bits per heavy atom. The molecule has 1 fully saturated rings. The predicted molar refractivity (Wildman–Crippen MR) is 106 cm³/mol. The molecule has 1 aromatic carbocycles. The predicted octanol–water partition coefficient (Wildman–Crippen LogP) is 0.606. The third kappa shape index (κ3) is 4.98. The number of sulfone groups is 1. The first kappa shape index (κ1) is 18.7. The van der Waals surface area contributed by atoms with Gasteiger partial charge in [0.05, 0.1) is 11.5 Å². The second kappa shape index (κ2) is 8.55. The highest BCUT2D eigenvalue weighted by Gasteiger charge is 2.20. The van der Waals surface area contributed by atoms with Crippen LogP contribution in [0.2, 0.25) is 0 Å². The van der Waals surface area contributed by atoms with Crippen LogP contribution in [0, 0.1) is 0 Å². The molecular formula is C18H27N5O2S. The summed E-state index contributed by atoms with van der Waals surface area (Å²) in [5, 5.41) is 7.89. The molecule has 2 aromatic rings. The van der Waals surface area contributed by atoms with E-state index >= 15 is 0 Å². The highest BCUT2D eigenvalue weighted by Crippen LogP contribution is 2.17. The Bertz CT molecular complexity index is 845. The van der Waals surface area contributed by atoms with Crippen molar-refractivity contribution in [2.45, 2.75) is 6.42 Å². The van der Waals surface area contributed by atoms with Crippen LogP contribution in [0.1, 0.15) is 5.56 Å². The van der Waals surface area contributed by atoms with Crippen molar-refractivity contribution in [2.24, 2.45) is 4.99 Å². The number of fused-ring (bicyclic) bond motifs is 1. The monoisotopic (exact) mass is 377 g/mol. The normalized spacial score (nSPS) is 18.1. The third-order valence-corrected chi connectivity index (χ3v) is 6.35. The van der Waals surface area contributed by atoms with Gasteiger partial charge in [-0.25, -0.2) is 8.42 Å². The number of aromatic amines is 1. The van der Waals surface area contributed by atoms with E-state index < -0.39 is 9.84 Å². The first-order valence-corrected chi connectivity index (χ1v) is 10.8. The fourth-order valence-electron chi connectivity index (χ4n) is 3.18. The van der Waals surface area contributed by atoms with Crippen LogP contribution in [0.25, 0.3) is 10.9 Å². The Morgan fingerprint density at radius 3 is 2.69 bits per heavy atom. The molecule has 2 heterocycles. The highest BCUT2D eigenvalue weighted by molar-refractivity contribution is 7.91. The minimum absolute atomic E-state index is 0.268. The van der Waals surface area contributed by atoms with Crippen LogP contribution in [0.3, 0.4) is 0 Å². The molecule has 1 aliphatic heterocycles. The zero-order valence-electron chi connectivity index (χ0n) is 15.2. The smallest absolute Gasteiger partial charge is 0.191 e. The number of aliphatic imine (C=N–C) groups is 1. The van der Waals surface area contributed by atoms with Gasteiger partial charge in [0.15, 0.2) is 15.8 Å². The van der Waals surface area contributed by atoms with Crippen molar-refractivity contribution in [3.05, 3.63) is 36.0 Å². The molecule has 3 N–H and O–H groups in total. The molecule has 0 atom stereocenters. The lowest BCUT2D eigenvalue weighted by Crippen LogP contribution is -2.46.